The molecule has 2 saturated heterocycles. The number of carbonyl (C=O) groups excluding carboxylic acids is 2. The summed E-state index contributed by atoms with van der Waals surface area (Å²) in [6.07, 6.45) is 0.263. The number of anilines is 2. The first kappa shape index (κ1) is 22.0. The summed E-state index contributed by atoms with van der Waals surface area (Å²) in [5, 5.41) is 2.82. The van der Waals surface area contributed by atoms with Crippen LogP contribution in [0.5, 0.6) is 0 Å². The van der Waals surface area contributed by atoms with Gasteiger partial charge in [0.2, 0.25) is 5.91 Å². The van der Waals surface area contributed by atoms with Crippen molar-refractivity contribution >= 4 is 56.0 Å². The van der Waals surface area contributed by atoms with E-state index in [0.29, 0.717) is 33.7 Å². The highest BCUT2D eigenvalue weighted by Crippen LogP contribution is 2.30. The number of nitrogens with zero attached hydrogens (tertiary/aromatic N) is 2. The zero-order valence-corrected chi connectivity index (χ0v) is 18.9. The average molecular weight is 486 g/mol. The zero-order valence-electron chi connectivity index (χ0n) is 16.5. The maximum atomic E-state index is 14.8. The van der Waals surface area contributed by atoms with E-state index in [-0.39, 0.29) is 48.7 Å². The van der Waals surface area contributed by atoms with Gasteiger partial charge in [0.15, 0.2) is 9.84 Å². The number of benzene rings is 1. The van der Waals surface area contributed by atoms with Crippen LogP contribution in [0.2, 0.25) is 4.34 Å². The third-order valence-corrected chi connectivity index (χ3v) is 8.32. The van der Waals surface area contributed by atoms with Gasteiger partial charge in [0.1, 0.15) is 5.82 Å². The normalized spacial score (nSPS) is 20.8. The van der Waals surface area contributed by atoms with E-state index < -0.39 is 15.7 Å². The minimum absolute atomic E-state index is 0.00385. The van der Waals surface area contributed by atoms with Crippen molar-refractivity contribution < 1.29 is 22.4 Å². The van der Waals surface area contributed by atoms with Crippen LogP contribution < -0.4 is 15.1 Å². The molecular weight excluding hydrogens is 465 g/mol. The molecule has 0 aliphatic carbocycles. The highest BCUT2D eigenvalue weighted by Gasteiger charge is 2.32. The Hall–Kier alpha value is -2.17. The van der Waals surface area contributed by atoms with E-state index in [2.05, 4.69) is 5.32 Å². The SMILES string of the molecule is O=C(NC[C@@H]1CC(=O)N(c2ccc(N3CCS(=O)(=O)CC3)c(F)c2)C1)c1ccc(Cl)s1. The summed E-state index contributed by atoms with van der Waals surface area (Å²) in [4.78, 5) is 28.4. The Kier molecular flexibility index (Phi) is 6.23. The van der Waals surface area contributed by atoms with E-state index in [9.17, 15) is 22.4 Å². The second-order valence-electron chi connectivity index (χ2n) is 7.66. The van der Waals surface area contributed by atoms with E-state index in [1.54, 1.807) is 29.2 Å². The van der Waals surface area contributed by atoms with E-state index >= 15 is 0 Å². The number of amides is 2. The number of thiophene rings is 1. The molecular formula is C20H21ClFN3O4S2. The van der Waals surface area contributed by atoms with Gasteiger partial charge in [-0.3, -0.25) is 9.59 Å². The molecule has 2 aliphatic heterocycles. The molecule has 166 valence electrons. The van der Waals surface area contributed by atoms with Crippen LogP contribution in [0.25, 0.3) is 0 Å². The van der Waals surface area contributed by atoms with Crippen LogP contribution in [0.15, 0.2) is 30.3 Å². The molecule has 0 unspecified atom stereocenters. The van der Waals surface area contributed by atoms with Crippen LogP contribution in [0.1, 0.15) is 16.1 Å². The third kappa shape index (κ3) is 5.02. The maximum Gasteiger partial charge on any atom is 0.261 e. The Balaban J connectivity index is 1.37. The number of halogens is 2. The van der Waals surface area contributed by atoms with Crippen molar-refractivity contribution in [3.63, 3.8) is 0 Å². The van der Waals surface area contributed by atoms with Crippen molar-refractivity contribution in [2.75, 3.05) is 47.5 Å². The van der Waals surface area contributed by atoms with Crippen LogP contribution in [-0.4, -0.2) is 57.9 Å². The summed E-state index contributed by atoms with van der Waals surface area (Å²) >= 11 is 7.04. The molecule has 7 nitrogen and oxygen atoms in total. The molecule has 2 fully saturated rings. The number of rotatable bonds is 5. The van der Waals surface area contributed by atoms with Crippen molar-refractivity contribution in [2.45, 2.75) is 6.42 Å². The smallest absolute Gasteiger partial charge is 0.261 e. The number of nitrogens with one attached hydrogen (secondary N) is 1. The number of hydrogen-bond donors (Lipinski definition) is 1. The second kappa shape index (κ2) is 8.76. The van der Waals surface area contributed by atoms with Gasteiger partial charge in [0.25, 0.3) is 5.91 Å². The van der Waals surface area contributed by atoms with Gasteiger partial charge >= 0.3 is 0 Å². The maximum absolute atomic E-state index is 14.8. The van der Waals surface area contributed by atoms with Gasteiger partial charge in [-0.05, 0) is 30.3 Å². The Morgan fingerprint density at radius 1 is 1.23 bits per heavy atom. The molecule has 0 saturated carbocycles. The van der Waals surface area contributed by atoms with Crippen LogP contribution in [0, 0.1) is 11.7 Å². The molecule has 4 rings (SSSR count). The summed E-state index contributed by atoms with van der Waals surface area (Å²) in [5.74, 6) is -0.928. The Morgan fingerprint density at radius 3 is 2.61 bits per heavy atom. The largest absolute Gasteiger partial charge is 0.367 e. The van der Waals surface area contributed by atoms with Gasteiger partial charge in [-0.2, -0.15) is 0 Å². The topological polar surface area (TPSA) is 86.8 Å². The quantitative estimate of drug-likeness (QED) is 0.703. The lowest BCUT2D eigenvalue weighted by molar-refractivity contribution is -0.117. The van der Waals surface area contributed by atoms with Gasteiger partial charge in [-0.15, -0.1) is 11.3 Å². The van der Waals surface area contributed by atoms with Gasteiger partial charge in [0.05, 0.1) is 26.4 Å². The first-order chi connectivity index (χ1) is 14.7. The highest BCUT2D eigenvalue weighted by molar-refractivity contribution is 7.91. The van der Waals surface area contributed by atoms with Crippen LogP contribution in [0.3, 0.4) is 0 Å². The van der Waals surface area contributed by atoms with E-state index in [1.807, 2.05) is 0 Å². The molecule has 1 aromatic heterocycles. The third-order valence-electron chi connectivity index (χ3n) is 5.48. The molecule has 31 heavy (non-hydrogen) atoms. The number of carbonyl (C=O) groups is 2. The first-order valence-corrected chi connectivity index (χ1v) is 12.8. The van der Waals surface area contributed by atoms with Crippen LogP contribution >= 0.6 is 22.9 Å². The summed E-state index contributed by atoms with van der Waals surface area (Å²) in [5.41, 5.74) is 0.790. The van der Waals surface area contributed by atoms with Crippen molar-refractivity contribution in [3.05, 3.63) is 45.4 Å². The summed E-state index contributed by atoms with van der Waals surface area (Å²) in [7, 11) is -3.05. The van der Waals surface area contributed by atoms with Crippen molar-refractivity contribution in [1.29, 1.82) is 0 Å². The van der Waals surface area contributed by atoms with E-state index in [0.717, 1.165) is 0 Å². The van der Waals surface area contributed by atoms with E-state index in [4.69, 9.17) is 11.6 Å². The average Bonchev–Trinajstić information content (AvgIpc) is 3.32. The van der Waals surface area contributed by atoms with Gasteiger partial charge < -0.3 is 15.1 Å². The molecule has 1 aromatic carbocycles. The Bertz CT molecular complexity index is 1110. The molecule has 2 amide bonds. The first-order valence-electron chi connectivity index (χ1n) is 9.81. The van der Waals surface area contributed by atoms with Crippen molar-refractivity contribution in [2.24, 2.45) is 5.92 Å². The Morgan fingerprint density at radius 2 is 1.97 bits per heavy atom. The van der Waals surface area contributed by atoms with Gasteiger partial charge in [0, 0.05) is 44.2 Å². The summed E-state index contributed by atoms with van der Waals surface area (Å²) in [6.45, 7) is 1.21. The van der Waals surface area contributed by atoms with Crippen LogP contribution in [0.4, 0.5) is 15.8 Å². The molecule has 0 radical (unpaired) electrons. The Labute approximate surface area is 188 Å². The van der Waals surface area contributed by atoms with Crippen molar-refractivity contribution in [1.82, 2.24) is 5.32 Å². The molecule has 2 aromatic rings. The van der Waals surface area contributed by atoms with E-state index in [1.165, 1.54) is 22.3 Å². The lowest BCUT2D eigenvalue weighted by atomic mass is 10.1. The minimum atomic E-state index is -3.05. The van der Waals surface area contributed by atoms with Crippen molar-refractivity contribution in [3.8, 4) is 0 Å². The number of hydrogen-bond acceptors (Lipinski definition) is 6. The lowest BCUT2D eigenvalue weighted by Crippen LogP contribution is -2.40. The fourth-order valence-electron chi connectivity index (χ4n) is 3.80. The monoisotopic (exact) mass is 485 g/mol. The minimum Gasteiger partial charge on any atom is -0.367 e. The fraction of sp³-hybridized carbons (Fsp3) is 0.400. The summed E-state index contributed by atoms with van der Waals surface area (Å²) in [6, 6.07) is 7.88. The molecule has 0 bridgehead atoms. The predicted octanol–water partition coefficient (Wildman–Crippen LogP) is 2.56. The highest BCUT2D eigenvalue weighted by atomic mass is 35.5. The molecule has 11 heteroatoms. The number of sulfone groups is 1. The van der Waals surface area contributed by atoms with Crippen LogP contribution in [-0.2, 0) is 14.6 Å². The molecule has 1 N–H and O–H groups in total. The van der Waals surface area contributed by atoms with Gasteiger partial charge in [-0.25, -0.2) is 12.8 Å². The molecule has 1 atom stereocenters. The molecule has 2 aliphatic rings. The zero-order chi connectivity index (χ0) is 22.2. The summed E-state index contributed by atoms with van der Waals surface area (Å²) < 4.78 is 38.5. The van der Waals surface area contributed by atoms with Gasteiger partial charge in [-0.1, -0.05) is 11.6 Å². The molecule has 3 heterocycles. The standard InChI is InChI=1S/C20H21ClFN3O4S2/c21-18-4-3-17(30-18)20(27)23-11-13-9-19(26)25(12-13)14-1-2-16(15(22)10-14)24-5-7-31(28,29)8-6-24/h1-4,10,13H,5-9,11-12H2,(H,23,27)/t13-/m0/s1. The predicted molar refractivity (Wildman–Crippen MR) is 119 cm³/mol. The lowest BCUT2D eigenvalue weighted by Gasteiger charge is -2.29. The molecule has 0 spiro atoms. The fourth-order valence-corrected chi connectivity index (χ4v) is 5.96. The second-order valence-corrected chi connectivity index (χ2v) is 11.7.